The number of hydrogen-bond donors (Lipinski definition) is 0. The third kappa shape index (κ3) is 3.39. The van der Waals surface area contributed by atoms with Gasteiger partial charge in [-0.25, -0.2) is 19.9 Å². The van der Waals surface area contributed by atoms with Gasteiger partial charge in [0, 0.05) is 44.4 Å². The van der Waals surface area contributed by atoms with Gasteiger partial charge in [-0.3, -0.25) is 0 Å². The van der Waals surface area contributed by atoms with Crippen molar-refractivity contribution in [2.45, 2.75) is 0 Å². The van der Waals surface area contributed by atoms with Crippen LogP contribution in [0.2, 0.25) is 0 Å². The van der Waals surface area contributed by atoms with Crippen LogP contribution in [0.1, 0.15) is 0 Å². The molecule has 0 N–H and O–H groups in total. The van der Waals surface area contributed by atoms with Crippen molar-refractivity contribution in [2.24, 2.45) is 0 Å². The molecule has 0 saturated carbocycles. The molecule has 0 aliphatic carbocycles. The molecule has 0 saturated heterocycles. The molecule has 9 aromatic rings. The minimum atomic E-state index is 0.546. The standard InChI is InChI=1S/C36H20N4O2/c1-2-10-22(11-3-1)33-38-34(26-14-8-16-29-30(26)24-13-6-7-15-28(24)41-29)40-35(39-33)27-19-20-37-36-31(27)25-18-17-21-9-4-5-12-23(21)32(25)42-36/h1-20H. The van der Waals surface area contributed by atoms with Crippen molar-refractivity contribution < 1.29 is 8.83 Å². The van der Waals surface area contributed by atoms with Crippen molar-refractivity contribution in [1.82, 2.24) is 19.9 Å². The lowest BCUT2D eigenvalue weighted by Gasteiger charge is -2.10. The molecular weight excluding hydrogens is 520 g/mol. The first-order valence-corrected chi connectivity index (χ1v) is 13.7. The van der Waals surface area contributed by atoms with Gasteiger partial charge < -0.3 is 8.83 Å². The Labute approximate surface area is 238 Å². The van der Waals surface area contributed by atoms with E-state index in [2.05, 4.69) is 35.3 Å². The van der Waals surface area contributed by atoms with Gasteiger partial charge in [0.2, 0.25) is 5.71 Å². The van der Waals surface area contributed by atoms with E-state index in [1.807, 2.05) is 84.9 Å². The fourth-order valence-corrected chi connectivity index (χ4v) is 5.91. The van der Waals surface area contributed by atoms with Crippen molar-refractivity contribution in [2.75, 3.05) is 0 Å². The Morgan fingerprint density at radius 1 is 0.452 bits per heavy atom. The highest BCUT2D eigenvalue weighted by Gasteiger charge is 2.21. The SMILES string of the molecule is c1ccc(-c2nc(-c3cccc4oc5ccccc5c34)nc(-c3ccnc4oc5c6ccccc6ccc5c34)n2)cc1. The summed E-state index contributed by atoms with van der Waals surface area (Å²) in [7, 11) is 0. The Morgan fingerprint density at radius 3 is 2.05 bits per heavy atom. The van der Waals surface area contributed by atoms with E-state index < -0.39 is 0 Å². The number of fused-ring (bicyclic) bond motifs is 8. The van der Waals surface area contributed by atoms with Gasteiger partial charge >= 0.3 is 0 Å². The van der Waals surface area contributed by atoms with E-state index in [1.165, 1.54) is 0 Å². The number of furan rings is 2. The average Bonchev–Trinajstić information content (AvgIpc) is 3.64. The lowest BCUT2D eigenvalue weighted by molar-refractivity contribution is 0.657. The largest absolute Gasteiger partial charge is 0.456 e. The molecule has 0 bridgehead atoms. The minimum absolute atomic E-state index is 0.546. The van der Waals surface area contributed by atoms with Crippen LogP contribution >= 0.6 is 0 Å². The van der Waals surface area contributed by atoms with Crippen molar-refractivity contribution >= 4 is 54.8 Å². The average molecular weight is 541 g/mol. The van der Waals surface area contributed by atoms with E-state index in [1.54, 1.807) is 6.20 Å². The summed E-state index contributed by atoms with van der Waals surface area (Å²) in [5.74, 6) is 1.70. The van der Waals surface area contributed by atoms with Crippen LogP contribution < -0.4 is 0 Å². The van der Waals surface area contributed by atoms with Crippen molar-refractivity contribution in [1.29, 1.82) is 0 Å². The van der Waals surface area contributed by atoms with E-state index in [4.69, 9.17) is 23.8 Å². The molecule has 0 aliphatic heterocycles. The van der Waals surface area contributed by atoms with E-state index >= 15 is 0 Å². The van der Waals surface area contributed by atoms with Gasteiger partial charge in [0.1, 0.15) is 16.7 Å². The maximum absolute atomic E-state index is 6.36. The predicted molar refractivity (Wildman–Crippen MR) is 166 cm³/mol. The van der Waals surface area contributed by atoms with E-state index in [9.17, 15) is 0 Å². The van der Waals surface area contributed by atoms with Crippen LogP contribution in [0, 0.1) is 0 Å². The summed E-state index contributed by atoms with van der Waals surface area (Å²) in [6.07, 6.45) is 1.75. The number of rotatable bonds is 3. The highest BCUT2D eigenvalue weighted by atomic mass is 16.3. The van der Waals surface area contributed by atoms with Crippen LogP contribution in [-0.4, -0.2) is 19.9 Å². The van der Waals surface area contributed by atoms with Gasteiger partial charge in [-0.2, -0.15) is 0 Å². The zero-order chi connectivity index (χ0) is 27.6. The topological polar surface area (TPSA) is 77.8 Å². The molecule has 0 radical (unpaired) electrons. The Bertz CT molecular complexity index is 2480. The number of para-hydroxylation sites is 1. The first-order chi connectivity index (χ1) is 20.8. The van der Waals surface area contributed by atoms with Crippen LogP contribution in [0.3, 0.4) is 0 Å². The second-order valence-corrected chi connectivity index (χ2v) is 10.3. The number of aromatic nitrogens is 4. The fourth-order valence-electron chi connectivity index (χ4n) is 5.91. The maximum atomic E-state index is 6.36. The van der Waals surface area contributed by atoms with Gasteiger partial charge in [-0.05, 0) is 29.7 Å². The third-order valence-electron chi connectivity index (χ3n) is 7.82. The smallest absolute Gasteiger partial charge is 0.228 e. The monoisotopic (exact) mass is 540 g/mol. The molecule has 0 aliphatic rings. The molecule has 0 spiro atoms. The number of nitrogens with zero attached hydrogens (tertiary/aromatic N) is 4. The van der Waals surface area contributed by atoms with E-state index in [0.29, 0.717) is 23.2 Å². The summed E-state index contributed by atoms with van der Waals surface area (Å²) in [4.78, 5) is 19.7. The summed E-state index contributed by atoms with van der Waals surface area (Å²) in [5, 5.41) is 5.99. The van der Waals surface area contributed by atoms with Crippen LogP contribution in [0.25, 0.3) is 88.9 Å². The van der Waals surface area contributed by atoms with Crippen LogP contribution in [0.4, 0.5) is 0 Å². The molecule has 4 aromatic heterocycles. The summed E-state index contributed by atoms with van der Waals surface area (Å²) in [6.45, 7) is 0. The van der Waals surface area contributed by atoms with Gasteiger partial charge in [-0.1, -0.05) is 91.0 Å². The molecule has 0 amide bonds. The summed E-state index contributed by atoms with van der Waals surface area (Å²) in [6, 6.07) is 38.4. The van der Waals surface area contributed by atoms with Crippen molar-refractivity contribution in [3.63, 3.8) is 0 Å². The minimum Gasteiger partial charge on any atom is -0.456 e. The van der Waals surface area contributed by atoms with E-state index in [-0.39, 0.29) is 0 Å². The second kappa shape index (κ2) is 8.81. The summed E-state index contributed by atoms with van der Waals surface area (Å²) in [5.41, 5.74) is 5.58. The van der Waals surface area contributed by atoms with Crippen molar-refractivity contribution in [3.05, 3.63) is 121 Å². The Kier molecular flexibility index (Phi) is 4.80. The first-order valence-electron chi connectivity index (χ1n) is 13.7. The van der Waals surface area contributed by atoms with Crippen LogP contribution in [0.5, 0.6) is 0 Å². The number of benzene rings is 5. The normalized spacial score (nSPS) is 11.8. The molecule has 6 nitrogen and oxygen atoms in total. The van der Waals surface area contributed by atoms with Gasteiger partial charge in [-0.15, -0.1) is 0 Å². The molecule has 6 heteroatoms. The zero-order valence-electron chi connectivity index (χ0n) is 22.2. The second-order valence-electron chi connectivity index (χ2n) is 10.3. The Balaban J connectivity index is 1.36. The molecule has 0 atom stereocenters. The quantitative estimate of drug-likeness (QED) is 0.222. The highest BCUT2D eigenvalue weighted by molar-refractivity contribution is 6.18. The first kappa shape index (κ1) is 22.9. The van der Waals surface area contributed by atoms with E-state index in [0.717, 1.165) is 65.8 Å². The maximum Gasteiger partial charge on any atom is 0.228 e. The van der Waals surface area contributed by atoms with Crippen molar-refractivity contribution in [3.8, 4) is 34.2 Å². The zero-order valence-corrected chi connectivity index (χ0v) is 22.2. The molecule has 0 unspecified atom stereocenters. The molecule has 5 aromatic carbocycles. The number of pyridine rings is 1. The summed E-state index contributed by atoms with van der Waals surface area (Å²) < 4.78 is 12.5. The Morgan fingerprint density at radius 2 is 1.17 bits per heavy atom. The van der Waals surface area contributed by atoms with Gasteiger partial charge in [0.15, 0.2) is 17.5 Å². The lowest BCUT2D eigenvalue weighted by atomic mass is 10.0. The summed E-state index contributed by atoms with van der Waals surface area (Å²) >= 11 is 0. The van der Waals surface area contributed by atoms with Crippen LogP contribution in [-0.2, 0) is 0 Å². The molecule has 9 rings (SSSR count). The molecule has 0 fully saturated rings. The number of hydrogen-bond acceptors (Lipinski definition) is 6. The molecule has 196 valence electrons. The molecule has 42 heavy (non-hydrogen) atoms. The van der Waals surface area contributed by atoms with Gasteiger partial charge in [0.05, 0.1) is 5.39 Å². The molecule has 4 heterocycles. The van der Waals surface area contributed by atoms with Gasteiger partial charge in [0.25, 0.3) is 0 Å². The highest BCUT2D eigenvalue weighted by Crippen LogP contribution is 2.40. The fraction of sp³-hybridized carbons (Fsp3) is 0. The Hall–Kier alpha value is -5.88. The lowest BCUT2D eigenvalue weighted by Crippen LogP contribution is -2.00. The third-order valence-corrected chi connectivity index (χ3v) is 7.82. The predicted octanol–water partition coefficient (Wildman–Crippen LogP) is 9.22. The van der Waals surface area contributed by atoms with Crippen LogP contribution in [0.15, 0.2) is 130 Å². The molecular formula is C36H20N4O2.